The van der Waals surface area contributed by atoms with Gasteiger partial charge in [0.2, 0.25) is 11.8 Å². The zero-order valence-electron chi connectivity index (χ0n) is 19.6. The normalized spacial score (nSPS) is 13.9. The van der Waals surface area contributed by atoms with Crippen LogP contribution < -0.4 is 21.1 Å². The van der Waals surface area contributed by atoms with Gasteiger partial charge in [-0.05, 0) is 43.1 Å². The van der Waals surface area contributed by atoms with E-state index in [1.807, 2.05) is 4.90 Å². The number of halogens is 3. The molecule has 0 unspecified atom stereocenters. The predicted molar refractivity (Wildman–Crippen MR) is 131 cm³/mol. The van der Waals surface area contributed by atoms with E-state index in [0.29, 0.717) is 6.54 Å². The molecule has 0 atom stereocenters. The maximum atomic E-state index is 14.0. The summed E-state index contributed by atoms with van der Waals surface area (Å²) in [4.78, 5) is 39.7. The topological polar surface area (TPSA) is 130 Å². The Hall–Kier alpha value is -3.03. The molecule has 0 spiro atoms. The van der Waals surface area contributed by atoms with Gasteiger partial charge in [-0.3, -0.25) is 19.8 Å². The molecule has 1 aromatic carbocycles. The number of nitrogens with zero attached hydrogens (tertiary/aromatic N) is 3. The smallest absolute Gasteiger partial charge is 0.319 e. The maximum Gasteiger partial charge on any atom is 0.319 e. The van der Waals surface area contributed by atoms with Crippen molar-refractivity contribution in [2.75, 3.05) is 44.6 Å². The minimum Gasteiger partial charge on any atom is -0.471 e. The van der Waals surface area contributed by atoms with E-state index in [0.717, 1.165) is 69.2 Å². The van der Waals surface area contributed by atoms with Crippen LogP contribution in [0.5, 0.6) is 5.88 Å². The van der Waals surface area contributed by atoms with E-state index in [2.05, 4.69) is 19.9 Å². The monoisotopic (exact) mass is 544 g/mol. The van der Waals surface area contributed by atoms with Crippen molar-refractivity contribution < 1.29 is 27.9 Å². The lowest BCUT2D eigenvalue weighted by molar-refractivity contribution is -0.130. The van der Waals surface area contributed by atoms with E-state index in [1.165, 1.54) is 0 Å². The van der Waals surface area contributed by atoms with Gasteiger partial charge in [0.05, 0.1) is 5.56 Å². The summed E-state index contributed by atoms with van der Waals surface area (Å²) in [6, 6.07) is 1.31. The minimum absolute atomic E-state index is 0.0513. The number of ether oxygens (including phenoxy) is 1. The van der Waals surface area contributed by atoms with Gasteiger partial charge in [-0.2, -0.15) is 4.37 Å². The van der Waals surface area contributed by atoms with Gasteiger partial charge in [0.15, 0.2) is 0 Å². The number of carbonyl (C=O) groups excluding carboxylic acids is 3. The van der Waals surface area contributed by atoms with Gasteiger partial charge in [0.1, 0.15) is 28.8 Å². The van der Waals surface area contributed by atoms with Crippen LogP contribution in [-0.2, 0) is 11.4 Å². The van der Waals surface area contributed by atoms with Crippen LogP contribution in [0.15, 0.2) is 12.1 Å². The Morgan fingerprint density at radius 3 is 2.44 bits per heavy atom. The molecule has 0 saturated carbocycles. The minimum atomic E-state index is -0.920. The second kappa shape index (κ2) is 12.8. The number of unbranched alkanes of at least 4 members (excludes halogenated alkanes) is 1. The van der Waals surface area contributed by atoms with Crippen LogP contribution >= 0.6 is 23.1 Å². The molecule has 36 heavy (non-hydrogen) atoms. The Morgan fingerprint density at radius 1 is 1.17 bits per heavy atom. The Labute approximate surface area is 215 Å². The Balaban J connectivity index is 1.45. The Kier molecular flexibility index (Phi) is 9.79. The number of carbonyl (C=O) groups is 3. The molecule has 1 saturated heterocycles. The van der Waals surface area contributed by atoms with Crippen molar-refractivity contribution in [2.45, 2.75) is 26.4 Å². The van der Waals surface area contributed by atoms with Crippen molar-refractivity contribution in [1.82, 2.24) is 19.5 Å². The number of nitrogens with one attached hydrogen (secondary N) is 2. The molecular formula is C22H27ClF2N6O4S. The molecule has 2 aromatic rings. The molecule has 4 N–H and O–H groups in total. The lowest BCUT2D eigenvalue weighted by atomic mass is 10.2. The van der Waals surface area contributed by atoms with Crippen molar-refractivity contribution in [3.05, 3.63) is 39.9 Å². The lowest BCUT2D eigenvalue weighted by Crippen LogP contribution is -2.48. The van der Waals surface area contributed by atoms with Crippen molar-refractivity contribution >= 4 is 46.0 Å². The van der Waals surface area contributed by atoms with Gasteiger partial charge in [0, 0.05) is 44.7 Å². The molecular weight excluding hydrogens is 518 g/mol. The highest BCUT2D eigenvalue weighted by atomic mass is 35.5. The second-order valence-electron chi connectivity index (χ2n) is 8.13. The zero-order valence-corrected chi connectivity index (χ0v) is 21.2. The number of rotatable bonds is 10. The standard InChI is InChI=1S/C22H27ClF2N6O4S/c1-13(32)31-8-6-30(7-9-31)5-3-2-4-27-22(34)28-21-18(19(26)33)20(29-36-21)35-12-15-16(24)10-14(23)11-17(15)25/h10-11H,2-9,12H2,1H3,(H2,26,33)(H2,27,28,34). The summed E-state index contributed by atoms with van der Waals surface area (Å²) in [5.41, 5.74) is 4.81. The first-order valence-electron chi connectivity index (χ1n) is 11.2. The summed E-state index contributed by atoms with van der Waals surface area (Å²) in [6.45, 7) is 5.39. The molecule has 0 radical (unpaired) electrons. The van der Waals surface area contributed by atoms with Gasteiger partial charge in [-0.15, -0.1) is 0 Å². The first-order valence-corrected chi connectivity index (χ1v) is 12.4. The van der Waals surface area contributed by atoms with E-state index in [4.69, 9.17) is 22.1 Å². The van der Waals surface area contributed by atoms with Gasteiger partial charge in [-0.1, -0.05) is 11.6 Å². The van der Waals surface area contributed by atoms with Gasteiger partial charge < -0.3 is 20.7 Å². The van der Waals surface area contributed by atoms with Crippen molar-refractivity contribution in [2.24, 2.45) is 5.73 Å². The van der Waals surface area contributed by atoms with Gasteiger partial charge in [-0.25, -0.2) is 13.6 Å². The van der Waals surface area contributed by atoms with Crippen molar-refractivity contribution in [3.8, 4) is 5.88 Å². The second-order valence-corrected chi connectivity index (χ2v) is 9.34. The zero-order chi connectivity index (χ0) is 26.2. The maximum absolute atomic E-state index is 14.0. The fraction of sp³-hybridized carbons (Fsp3) is 0.455. The number of amides is 4. The number of anilines is 1. The summed E-state index contributed by atoms with van der Waals surface area (Å²) >= 11 is 6.36. The third-order valence-electron chi connectivity index (χ3n) is 5.60. The summed E-state index contributed by atoms with van der Waals surface area (Å²) in [5, 5.41) is 5.15. The van der Waals surface area contributed by atoms with E-state index < -0.39 is 35.7 Å². The van der Waals surface area contributed by atoms with E-state index >= 15 is 0 Å². The number of benzene rings is 1. The molecule has 0 aliphatic carbocycles. The van der Waals surface area contributed by atoms with Crippen LogP contribution in [0.25, 0.3) is 0 Å². The number of aromatic nitrogens is 1. The molecule has 1 aliphatic heterocycles. The van der Waals surface area contributed by atoms with E-state index in [-0.39, 0.29) is 27.4 Å². The highest BCUT2D eigenvalue weighted by molar-refractivity contribution is 7.11. The molecule has 3 rings (SSSR count). The average molecular weight is 545 g/mol. The molecule has 4 amide bonds. The summed E-state index contributed by atoms with van der Waals surface area (Å²) < 4.78 is 37.2. The molecule has 0 bridgehead atoms. The quantitative estimate of drug-likeness (QED) is 0.394. The van der Waals surface area contributed by atoms with Crippen LogP contribution in [0.3, 0.4) is 0 Å². The van der Waals surface area contributed by atoms with Crippen LogP contribution in [0.1, 0.15) is 35.7 Å². The van der Waals surface area contributed by atoms with Crippen molar-refractivity contribution in [3.63, 3.8) is 0 Å². The number of hydrogen-bond donors (Lipinski definition) is 3. The molecule has 2 heterocycles. The fourth-order valence-electron chi connectivity index (χ4n) is 3.62. The average Bonchev–Trinajstić information content (AvgIpc) is 3.21. The predicted octanol–water partition coefficient (Wildman–Crippen LogP) is 2.82. The Morgan fingerprint density at radius 2 is 1.83 bits per heavy atom. The molecule has 10 nitrogen and oxygen atoms in total. The molecule has 1 fully saturated rings. The molecule has 196 valence electrons. The number of hydrogen-bond acceptors (Lipinski definition) is 7. The van der Waals surface area contributed by atoms with Gasteiger partial charge in [0.25, 0.3) is 5.91 Å². The highest BCUT2D eigenvalue weighted by Gasteiger charge is 2.23. The van der Waals surface area contributed by atoms with E-state index in [9.17, 15) is 23.2 Å². The van der Waals surface area contributed by atoms with Crippen LogP contribution in [0.2, 0.25) is 5.02 Å². The number of urea groups is 1. The van der Waals surface area contributed by atoms with Crippen LogP contribution in [-0.4, -0.2) is 71.3 Å². The highest BCUT2D eigenvalue weighted by Crippen LogP contribution is 2.31. The summed E-state index contributed by atoms with van der Waals surface area (Å²) in [7, 11) is 0. The number of nitrogens with two attached hydrogens (primary N) is 1. The molecule has 1 aliphatic rings. The molecule has 14 heteroatoms. The fourth-order valence-corrected chi connectivity index (χ4v) is 4.55. The first-order chi connectivity index (χ1) is 17.2. The third kappa shape index (κ3) is 7.48. The van der Waals surface area contributed by atoms with E-state index in [1.54, 1.807) is 6.92 Å². The first kappa shape index (κ1) is 27.6. The van der Waals surface area contributed by atoms with Crippen LogP contribution in [0.4, 0.5) is 18.6 Å². The summed E-state index contributed by atoms with van der Waals surface area (Å²) in [5.74, 6) is -2.90. The molecule has 1 aromatic heterocycles. The van der Waals surface area contributed by atoms with Crippen molar-refractivity contribution in [1.29, 1.82) is 0 Å². The summed E-state index contributed by atoms with van der Waals surface area (Å²) in [6.07, 6.45) is 1.60. The van der Waals surface area contributed by atoms with Crippen LogP contribution in [0, 0.1) is 11.6 Å². The number of piperazine rings is 1. The number of primary amides is 1. The third-order valence-corrected chi connectivity index (χ3v) is 6.56. The SMILES string of the molecule is CC(=O)N1CCN(CCCCNC(=O)Nc2snc(OCc3c(F)cc(Cl)cc3F)c2C(N)=O)CC1. The Bertz CT molecular complexity index is 1090. The largest absolute Gasteiger partial charge is 0.471 e. The van der Waals surface area contributed by atoms with Gasteiger partial charge >= 0.3 is 6.03 Å². The lowest BCUT2D eigenvalue weighted by Gasteiger charge is -2.34.